The van der Waals surface area contributed by atoms with Crippen LogP contribution < -0.4 is 15.8 Å². The molecule has 0 aromatic heterocycles. The lowest BCUT2D eigenvalue weighted by Crippen LogP contribution is -2.42. The van der Waals surface area contributed by atoms with Crippen LogP contribution >= 0.6 is 0 Å². The second-order valence-electron chi connectivity index (χ2n) is 5.92. The van der Waals surface area contributed by atoms with E-state index in [0.717, 1.165) is 13.0 Å². The van der Waals surface area contributed by atoms with Crippen LogP contribution in [0.25, 0.3) is 0 Å². The maximum Gasteiger partial charge on any atom is 0.178 e. The maximum absolute atomic E-state index is 12.4. The lowest BCUT2D eigenvalue weighted by molar-refractivity contribution is -0.122. The number of sulfone groups is 1. The lowest BCUT2D eigenvalue weighted by atomic mass is 10.0. The monoisotopic (exact) mass is 370 g/mol. The Morgan fingerprint density at radius 2 is 2.08 bits per heavy atom. The number of halogens is 1. The molecule has 138 valence electrons. The molecule has 3 N–H and O–H groups in total. The standard InChI is InChI=1S/C17H23FN2O4S/c18-10-13(11-19)12-24-14-3-5-15(6-4-14)25(22,23)9-7-16-17(21)2-1-8-20-16/h3-6,10,16,20H,1-2,7-9,11-12,19H2/b13-10+. The molecule has 1 aromatic rings. The molecule has 0 amide bonds. The zero-order valence-corrected chi connectivity index (χ0v) is 14.7. The summed E-state index contributed by atoms with van der Waals surface area (Å²) in [4.78, 5) is 11.9. The first kappa shape index (κ1) is 19.6. The highest BCUT2D eigenvalue weighted by molar-refractivity contribution is 7.91. The van der Waals surface area contributed by atoms with Gasteiger partial charge < -0.3 is 15.8 Å². The number of nitrogens with two attached hydrogens (primary N) is 1. The van der Waals surface area contributed by atoms with Crippen molar-refractivity contribution >= 4 is 15.6 Å². The van der Waals surface area contributed by atoms with Crippen molar-refractivity contribution < 1.29 is 22.3 Å². The predicted octanol–water partition coefficient (Wildman–Crippen LogP) is 1.36. The fourth-order valence-electron chi connectivity index (χ4n) is 2.54. The first-order valence-electron chi connectivity index (χ1n) is 8.16. The van der Waals surface area contributed by atoms with Gasteiger partial charge in [-0.3, -0.25) is 4.79 Å². The van der Waals surface area contributed by atoms with Crippen LogP contribution in [0.3, 0.4) is 0 Å². The summed E-state index contributed by atoms with van der Waals surface area (Å²) in [5.74, 6) is 0.399. The second-order valence-corrected chi connectivity index (χ2v) is 8.02. The Bertz CT molecular complexity index is 717. The number of ether oxygens (including phenoxy) is 1. The minimum absolute atomic E-state index is 0.00849. The first-order valence-corrected chi connectivity index (χ1v) is 9.81. The summed E-state index contributed by atoms with van der Waals surface area (Å²) in [7, 11) is -3.48. The van der Waals surface area contributed by atoms with Crippen molar-refractivity contribution in [2.75, 3.05) is 25.4 Å². The van der Waals surface area contributed by atoms with Crippen LogP contribution in [-0.4, -0.2) is 45.7 Å². The van der Waals surface area contributed by atoms with Crippen LogP contribution in [0.4, 0.5) is 4.39 Å². The van der Waals surface area contributed by atoms with Crippen LogP contribution in [0.2, 0.25) is 0 Å². The van der Waals surface area contributed by atoms with Crippen molar-refractivity contribution in [1.29, 1.82) is 0 Å². The molecule has 0 aliphatic carbocycles. The van der Waals surface area contributed by atoms with E-state index in [9.17, 15) is 17.6 Å². The van der Waals surface area contributed by atoms with E-state index in [1.54, 1.807) is 0 Å². The van der Waals surface area contributed by atoms with Gasteiger partial charge in [0.2, 0.25) is 0 Å². The Kier molecular flexibility index (Phi) is 7.10. The number of hydrogen-bond acceptors (Lipinski definition) is 6. The summed E-state index contributed by atoms with van der Waals surface area (Å²) in [5, 5.41) is 3.06. The van der Waals surface area contributed by atoms with Crippen LogP contribution in [0.15, 0.2) is 41.1 Å². The highest BCUT2D eigenvalue weighted by Gasteiger charge is 2.24. The van der Waals surface area contributed by atoms with E-state index in [1.165, 1.54) is 24.3 Å². The number of carbonyl (C=O) groups excluding carboxylic acids is 1. The van der Waals surface area contributed by atoms with Gasteiger partial charge in [0, 0.05) is 18.5 Å². The molecule has 25 heavy (non-hydrogen) atoms. The van der Waals surface area contributed by atoms with E-state index in [0.29, 0.717) is 24.1 Å². The molecular weight excluding hydrogens is 347 g/mol. The highest BCUT2D eigenvalue weighted by Crippen LogP contribution is 2.19. The third-order valence-electron chi connectivity index (χ3n) is 4.08. The van der Waals surface area contributed by atoms with Gasteiger partial charge in [-0.25, -0.2) is 12.8 Å². The number of rotatable bonds is 8. The average molecular weight is 370 g/mol. The molecule has 1 aliphatic rings. The number of benzene rings is 1. The number of Topliss-reactive ketones (excluding diaryl/α,β-unsaturated/α-hetero) is 1. The van der Waals surface area contributed by atoms with Crippen molar-refractivity contribution in [1.82, 2.24) is 5.32 Å². The molecule has 0 spiro atoms. The topological polar surface area (TPSA) is 98.5 Å². The van der Waals surface area contributed by atoms with Gasteiger partial charge >= 0.3 is 0 Å². The molecular formula is C17H23FN2O4S. The number of ketones is 1. The number of carbonyl (C=O) groups is 1. The largest absolute Gasteiger partial charge is 0.489 e. The van der Waals surface area contributed by atoms with Gasteiger partial charge in [0.15, 0.2) is 9.84 Å². The minimum Gasteiger partial charge on any atom is -0.489 e. The van der Waals surface area contributed by atoms with E-state index in [-0.39, 0.29) is 42.0 Å². The SMILES string of the molecule is NC/C(=C\F)COc1ccc(S(=O)(=O)CCC2NCCCC2=O)cc1. The summed E-state index contributed by atoms with van der Waals surface area (Å²) in [6.07, 6.45) is 1.97. The molecule has 1 fully saturated rings. The first-order chi connectivity index (χ1) is 12.0. The molecule has 0 saturated carbocycles. The van der Waals surface area contributed by atoms with Gasteiger partial charge in [0.1, 0.15) is 18.1 Å². The summed E-state index contributed by atoms with van der Waals surface area (Å²) in [6, 6.07) is 5.55. The summed E-state index contributed by atoms with van der Waals surface area (Å²) in [5.41, 5.74) is 5.64. The normalized spacial score (nSPS) is 19.0. The molecule has 1 atom stereocenters. The molecule has 2 rings (SSSR count). The Morgan fingerprint density at radius 1 is 1.36 bits per heavy atom. The smallest absolute Gasteiger partial charge is 0.178 e. The highest BCUT2D eigenvalue weighted by atomic mass is 32.2. The van der Waals surface area contributed by atoms with Gasteiger partial charge in [-0.05, 0) is 43.7 Å². The van der Waals surface area contributed by atoms with Crippen molar-refractivity contribution in [2.24, 2.45) is 5.73 Å². The van der Waals surface area contributed by atoms with Gasteiger partial charge in [-0.1, -0.05) is 0 Å². The fourth-order valence-corrected chi connectivity index (χ4v) is 3.87. The Morgan fingerprint density at radius 3 is 2.68 bits per heavy atom. The van der Waals surface area contributed by atoms with Crippen molar-refractivity contribution in [3.63, 3.8) is 0 Å². The van der Waals surface area contributed by atoms with Crippen LogP contribution in [0.1, 0.15) is 19.3 Å². The van der Waals surface area contributed by atoms with Crippen LogP contribution in [-0.2, 0) is 14.6 Å². The zero-order valence-electron chi connectivity index (χ0n) is 13.9. The number of hydrogen-bond donors (Lipinski definition) is 2. The van der Waals surface area contributed by atoms with Crippen molar-refractivity contribution in [3.05, 3.63) is 36.2 Å². The summed E-state index contributed by atoms with van der Waals surface area (Å²) < 4.78 is 42.6. The Hall–Kier alpha value is -1.77. The third kappa shape index (κ3) is 5.62. The van der Waals surface area contributed by atoms with Gasteiger partial charge in [0.25, 0.3) is 0 Å². The Labute approximate surface area is 147 Å². The van der Waals surface area contributed by atoms with Crippen LogP contribution in [0.5, 0.6) is 5.75 Å². The fraction of sp³-hybridized carbons (Fsp3) is 0.471. The van der Waals surface area contributed by atoms with E-state index < -0.39 is 9.84 Å². The molecule has 1 heterocycles. The molecule has 6 nitrogen and oxygen atoms in total. The number of piperidine rings is 1. The quantitative estimate of drug-likeness (QED) is 0.717. The number of nitrogens with one attached hydrogen (secondary N) is 1. The van der Waals surface area contributed by atoms with Crippen molar-refractivity contribution in [3.8, 4) is 5.75 Å². The lowest BCUT2D eigenvalue weighted by Gasteiger charge is -2.22. The summed E-state index contributed by atoms with van der Waals surface area (Å²) in [6.45, 7) is 0.798. The molecule has 0 radical (unpaired) electrons. The van der Waals surface area contributed by atoms with Gasteiger partial charge in [-0.15, -0.1) is 0 Å². The van der Waals surface area contributed by atoms with E-state index in [1.807, 2.05) is 0 Å². The average Bonchev–Trinajstić information content (AvgIpc) is 2.62. The van der Waals surface area contributed by atoms with Gasteiger partial charge in [-0.2, -0.15) is 0 Å². The Balaban J connectivity index is 1.94. The zero-order chi connectivity index (χ0) is 18.3. The summed E-state index contributed by atoms with van der Waals surface area (Å²) >= 11 is 0. The molecule has 1 aromatic carbocycles. The molecule has 1 unspecified atom stereocenters. The molecule has 1 aliphatic heterocycles. The van der Waals surface area contributed by atoms with E-state index in [2.05, 4.69) is 5.32 Å². The van der Waals surface area contributed by atoms with E-state index in [4.69, 9.17) is 10.5 Å². The van der Waals surface area contributed by atoms with Gasteiger partial charge in [0.05, 0.1) is 23.0 Å². The third-order valence-corrected chi connectivity index (χ3v) is 5.84. The van der Waals surface area contributed by atoms with Crippen molar-refractivity contribution in [2.45, 2.75) is 30.2 Å². The second kappa shape index (κ2) is 9.07. The van der Waals surface area contributed by atoms with E-state index >= 15 is 0 Å². The molecule has 8 heteroatoms. The minimum atomic E-state index is -3.48. The predicted molar refractivity (Wildman–Crippen MR) is 92.9 cm³/mol. The molecule has 1 saturated heterocycles. The van der Waals surface area contributed by atoms with Crippen LogP contribution in [0, 0.1) is 0 Å². The maximum atomic E-state index is 12.4. The molecule has 0 bridgehead atoms.